The zero-order chi connectivity index (χ0) is 9.03. The monoisotopic (exact) mass is 173 g/mol. The molecule has 0 radical (unpaired) electrons. The molecule has 0 aromatic carbocycles. The first-order valence-corrected chi connectivity index (χ1v) is 4.04. The summed E-state index contributed by atoms with van der Waals surface area (Å²) in [4.78, 5) is 11.1. The largest absolute Gasteiger partial charge is 0.379 e. The second-order valence-electron chi connectivity index (χ2n) is 3.34. The summed E-state index contributed by atoms with van der Waals surface area (Å²) in [7, 11) is 1.51. The van der Waals surface area contributed by atoms with Crippen LogP contribution in [0.5, 0.6) is 0 Å². The maximum atomic E-state index is 11.1. The highest BCUT2D eigenvalue weighted by Gasteiger charge is 2.30. The molecule has 0 aliphatic carbocycles. The lowest BCUT2D eigenvalue weighted by Crippen LogP contribution is -2.47. The Labute approximate surface area is 72.2 Å². The minimum atomic E-state index is -0.185. The number of ether oxygens (including phenoxy) is 2. The molecule has 4 heteroatoms. The third-order valence-electron chi connectivity index (χ3n) is 1.94. The maximum Gasteiger partial charge on any atom is 0.246 e. The number of nitrogens with one attached hydrogen (secondary N) is 1. The van der Waals surface area contributed by atoms with Crippen molar-refractivity contribution in [2.24, 2.45) is 0 Å². The van der Waals surface area contributed by atoms with Crippen LogP contribution in [0.4, 0.5) is 0 Å². The molecule has 1 heterocycles. The van der Waals surface area contributed by atoms with Gasteiger partial charge in [-0.15, -0.1) is 0 Å². The molecule has 1 saturated heterocycles. The van der Waals surface area contributed by atoms with Gasteiger partial charge < -0.3 is 14.8 Å². The molecule has 70 valence electrons. The molecule has 0 aromatic heterocycles. The van der Waals surface area contributed by atoms with Crippen LogP contribution in [0, 0.1) is 0 Å². The third-order valence-corrected chi connectivity index (χ3v) is 1.94. The summed E-state index contributed by atoms with van der Waals surface area (Å²) >= 11 is 0. The fourth-order valence-corrected chi connectivity index (χ4v) is 1.27. The van der Waals surface area contributed by atoms with Gasteiger partial charge in [-0.1, -0.05) is 0 Å². The number of carbonyl (C=O) groups excluding carboxylic acids is 1. The summed E-state index contributed by atoms with van der Waals surface area (Å²) in [5.74, 6) is -0.0782. The van der Waals surface area contributed by atoms with E-state index in [1.54, 1.807) is 0 Å². The summed E-state index contributed by atoms with van der Waals surface area (Å²) in [5, 5.41) is 2.87. The smallest absolute Gasteiger partial charge is 0.246 e. The molecule has 0 aromatic rings. The van der Waals surface area contributed by atoms with Crippen molar-refractivity contribution < 1.29 is 14.3 Å². The van der Waals surface area contributed by atoms with Crippen LogP contribution < -0.4 is 5.32 Å². The quantitative estimate of drug-likeness (QED) is 0.649. The zero-order valence-corrected chi connectivity index (χ0v) is 7.55. The molecule has 0 spiro atoms. The summed E-state index contributed by atoms with van der Waals surface area (Å²) < 4.78 is 9.89. The van der Waals surface area contributed by atoms with Gasteiger partial charge in [-0.3, -0.25) is 4.79 Å². The third kappa shape index (κ3) is 2.46. The average Bonchev–Trinajstić information content (AvgIpc) is 2.36. The van der Waals surface area contributed by atoms with Crippen LogP contribution in [-0.4, -0.2) is 38.4 Å². The summed E-state index contributed by atoms with van der Waals surface area (Å²) in [6.07, 6.45) is 0.877. The molecule has 0 bridgehead atoms. The van der Waals surface area contributed by atoms with Crippen molar-refractivity contribution in [3.8, 4) is 0 Å². The van der Waals surface area contributed by atoms with E-state index in [1.165, 1.54) is 7.11 Å². The number of hydrogen-bond donors (Lipinski definition) is 1. The van der Waals surface area contributed by atoms with Crippen LogP contribution in [-0.2, 0) is 14.3 Å². The van der Waals surface area contributed by atoms with Crippen LogP contribution in [0.2, 0.25) is 0 Å². The van der Waals surface area contributed by atoms with E-state index < -0.39 is 0 Å². The molecule has 1 atom stereocenters. The molecule has 1 amide bonds. The second kappa shape index (κ2) is 3.87. The Morgan fingerprint density at radius 3 is 3.00 bits per heavy atom. The van der Waals surface area contributed by atoms with Gasteiger partial charge in [0.05, 0.1) is 12.1 Å². The highest BCUT2D eigenvalue weighted by molar-refractivity contribution is 5.78. The minimum absolute atomic E-state index is 0.0782. The molecule has 0 saturated carbocycles. The van der Waals surface area contributed by atoms with Gasteiger partial charge in [-0.2, -0.15) is 0 Å². The SMILES string of the molecule is COCC(=O)NC1(C)CCOC1. The Morgan fingerprint density at radius 2 is 2.50 bits per heavy atom. The maximum absolute atomic E-state index is 11.1. The molecule has 1 aliphatic heterocycles. The number of carbonyl (C=O) groups is 1. The van der Waals surface area contributed by atoms with Crippen molar-refractivity contribution in [1.29, 1.82) is 0 Å². The lowest BCUT2D eigenvalue weighted by molar-refractivity contribution is -0.126. The summed E-state index contributed by atoms with van der Waals surface area (Å²) in [5.41, 5.74) is -0.185. The fraction of sp³-hybridized carbons (Fsp3) is 0.875. The van der Waals surface area contributed by atoms with Gasteiger partial charge in [0.1, 0.15) is 6.61 Å². The van der Waals surface area contributed by atoms with Crippen LogP contribution in [0.15, 0.2) is 0 Å². The zero-order valence-electron chi connectivity index (χ0n) is 7.55. The van der Waals surface area contributed by atoms with Gasteiger partial charge in [0.25, 0.3) is 0 Å². The molecule has 1 fully saturated rings. The Balaban J connectivity index is 2.33. The average molecular weight is 173 g/mol. The lowest BCUT2D eigenvalue weighted by atomic mass is 10.0. The Kier molecular flexibility index (Phi) is 3.05. The van der Waals surface area contributed by atoms with Crippen molar-refractivity contribution in [2.45, 2.75) is 18.9 Å². The topological polar surface area (TPSA) is 47.6 Å². The van der Waals surface area contributed by atoms with Gasteiger partial charge in [0.2, 0.25) is 5.91 Å². The molecule has 12 heavy (non-hydrogen) atoms. The van der Waals surface area contributed by atoms with Gasteiger partial charge >= 0.3 is 0 Å². The molecule has 1 rings (SSSR count). The first kappa shape index (κ1) is 9.48. The minimum Gasteiger partial charge on any atom is -0.379 e. The molecule has 1 unspecified atom stereocenters. The number of hydrogen-bond acceptors (Lipinski definition) is 3. The number of methoxy groups -OCH3 is 1. The number of rotatable bonds is 3. The van der Waals surface area contributed by atoms with E-state index in [-0.39, 0.29) is 18.1 Å². The first-order chi connectivity index (χ1) is 5.66. The molecule has 1 N–H and O–H groups in total. The normalized spacial score (nSPS) is 28.8. The van der Waals surface area contributed by atoms with Crippen LogP contribution in [0.1, 0.15) is 13.3 Å². The van der Waals surface area contributed by atoms with Gasteiger partial charge in [-0.25, -0.2) is 0 Å². The van der Waals surface area contributed by atoms with Crippen molar-refractivity contribution in [3.05, 3.63) is 0 Å². The van der Waals surface area contributed by atoms with Crippen molar-refractivity contribution in [3.63, 3.8) is 0 Å². The molecule has 1 aliphatic rings. The van der Waals surface area contributed by atoms with E-state index in [4.69, 9.17) is 9.47 Å². The molecular weight excluding hydrogens is 158 g/mol. The predicted octanol–water partition coefficient (Wildman–Crippen LogP) is -0.0720. The van der Waals surface area contributed by atoms with Crippen LogP contribution >= 0.6 is 0 Å². The Hall–Kier alpha value is -0.610. The van der Waals surface area contributed by atoms with E-state index in [2.05, 4.69) is 5.32 Å². The second-order valence-corrected chi connectivity index (χ2v) is 3.34. The van der Waals surface area contributed by atoms with Crippen LogP contribution in [0.3, 0.4) is 0 Å². The van der Waals surface area contributed by atoms with Gasteiger partial charge in [-0.05, 0) is 13.3 Å². The lowest BCUT2D eigenvalue weighted by Gasteiger charge is -2.23. The first-order valence-electron chi connectivity index (χ1n) is 4.04. The standard InChI is InChI=1S/C8H15NO3/c1-8(3-4-12-6-8)9-7(10)5-11-2/h3-6H2,1-2H3,(H,9,10). The molecular formula is C8H15NO3. The van der Waals surface area contributed by atoms with Crippen molar-refractivity contribution in [2.75, 3.05) is 26.9 Å². The van der Waals surface area contributed by atoms with E-state index in [0.29, 0.717) is 6.61 Å². The van der Waals surface area contributed by atoms with E-state index in [1.807, 2.05) is 6.92 Å². The van der Waals surface area contributed by atoms with E-state index in [9.17, 15) is 4.79 Å². The highest BCUT2D eigenvalue weighted by atomic mass is 16.5. The summed E-state index contributed by atoms with van der Waals surface area (Å²) in [6.45, 7) is 3.43. The highest BCUT2D eigenvalue weighted by Crippen LogP contribution is 2.16. The number of amides is 1. The van der Waals surface area contributed by atoms with Gasteiger partial charge in [0, 0.05) is 13.7 Å². The van der Waals surface area contributed by atoms with Crippen LogP contribution in [0.25, 0.3) is 0 Å². The fourth-order valence-electron chi connectivity index (χ4n) is 1.27. The Morgan fingerprint density at radius 1 is 1.75 bits per heavy atom. The van der Waals surface area contributed by atoms with Gasteiger partial charge in [0.15, 0.2) is 0 Å². The predicted molar refractivity (Wildman–Crippen MR) is 43.9 cm³/mol. The van der Waals surface area contributed by atoms with E-state index in [0.717, 1.165) is 13.0 Å². The van der Waals surface area contributed by atoms with Crippen molar-refractivity contribution >= 4 is 5.91 Å². The molecule has 4 nitrogen and oxygen atoms in total. The van der Waals surface area contributed by atoms with E-state index >= 15 is 0 Å². The Bertz CT molecular complexity index is 164. The van der Waals surface area contributed by atoms with Crippen molar-refractivity contribution in [1.82, 2.24) is 5.32 Å². The summed E-state index contributed by atoms with van der Waals surface area (Å²) in [6, 6.07) is 0.